The molecule has 0 spiro atoms. The third kappa shape index (κ3) is 2.82. The molecule has 0 fully saturated rings. The molecule has 2 heterocycles. The lowest BCUT2D eigenvalue weighted by molar-refractivity contribution is 0.263. The second-order valence-corrected chi connectivity index (χ2v) is 6.72. The molecule has 1 aliphatic rings. The molecule has 0 radical (unpaired) electrons. The van der Waals surface area contributed by atoms with E-state index in [1.54, 1.807) is 0 Å². The number of hydrogen-bond acceptors (Lipinski definition) is 2. The van der Waals surface area contributed by atoms with Crippen LogP contribution >= 0.6 is 0 Å². The van der Waals surface area contributed by atoms with E-state index >= 15 is 0 Å². The zero-order chi connectivity index (χ0) is 18.3. The highest BCUT2D eigenvalue weighted by Crippen LogP contribution is 2.37. The SMILES string of the molecule is CC1CN(Cc2ccccc2)CC=C1c1c(F)c(F)c(F)c2ccoc12. The zero-order valence-corrected chi connectivity index (χ0v) is 14.3. The summed E-state index contributed by atoms with van der Waals surface area (Å²) in [7, 11) is 0. The Morgan fingerprint density at radius 3 is 2.54 bits per heavy atom. The molecule has 0 saturated carbocycles. The maximum atomic E-state index is 14.5. The van der Waals surface area contributed by atoms with Gasteiger partial charge in [-0.25, -0.2) is 13.2 Å². The Morgan fingerprint density at radius 1 is 1.04 bits per heavy atom. The van der Waals surface area contributed by atoms with E-state index in [1.165, 1.54) is 17.9 Å². The van der Waals surface area contributed by atoms with Gasteiger partial charge in [0.05, 0.1) is 17.2 Å². The van der Waals surface area contributed by atoms with E-state index in [9.17, 15) is 13.2 Å². The molecule has 26 heavy (non-hydrogen) atoms. The maximum Gasteiger partial charge on any atom is 0.195 e. The first kappa shape index (κ1) is 16.9. The van der Waals surface area contributed by atoms with Gasteiger partial charge in [0.2, 0.25) is 0 Å². The molecule has 0 aliphatic carbocycles. The lowest BCUT2D eigenvalue weighted by atomic mass is 9.89. The molecule has 1 unspecified atom stereocenters. The normalized spacial score (nSPS) is 18.3. The monoisotopic (exact) mass is 357 g/mol. The van der Waals surface area contributed by atoms with Gasteiger partial charge in [0, 0.05) is 19.6 Å². The van der Waals surface area contributed by atoms with E-state index in [2.05, 4.69) is 17.0 Å². The summed E-state index contributed by atoms with van der Waals surface area (Å²) < 4.78 is 47.8. The summed E-state index contributed by atoms with van der Waals surface area (Å²) in [5.74, 6) is -3.88. The van der Waals surface area contributed by atoms with Crippen LogP contribution in [0.1, 0.15) is 18.1 Å². The minimum absolute atomic E-state index is 0.0290. The van der Waals surface area contributed by atoms with Crippen LogP contribution in [-0.2, 0) is 6.54 Å². The van der Waals surface area contributed by atoms with Gasteiger partial charge in [-0.3, -0.25) is 4.90 Å². The van der Waals surface area contributed by atoms with Crippen molar-refractivity contribution >= 4 is 16.5 Å². The number of nitrogens with zero attached hydrogens (tertiary/aromatic N) is 1. The standard InChI is InChI=1S/C21H18F3NO/c1-13-11-25(12-14-5-3-2-4-6-14)9-7-15(13)17-19(23)20(24)18(22)16-8-10-26-21(16)17/h2-8,10,13H,9,11-12H2,1H3. The smallest absolute Gasteiger partial charge is 0.195 e. The van der Waals surface area contributed by atoms with Crippen molar-refractivity contribution in [1.82, 2.24) is 4.90 Å². The second-order valence-electron chi connectivity index (χ2n) is 6.72. The first-order chi connectivity index (χ1) is 12.6. The van der Waals surface area contributed by atoms with Crippen molar-refractivity contribution in [3.8, 4) is 0 Å². The predicted octanol–water partition coefficient (Wildman–Crippen LogP) is 5.39. The first-order valence-electron chi connectivity index (χ1n) is 8.56. The molecule has 2 nitrogen and oxygen atoms in total. The summed E-state index contributed by atoms with van der Waals surface area (Å²) in [5, 5.41) is -0.0290. The third-order valence-corrected chi connectivity index (χ3v) is 4.90. The molecular formula is C21H18F3NO. The van der Waals surface area contributed by atoms with Crippen LogP contribution in [0.2, 0.25) is 0 Å². The van der Waals surface area contributed by atoms with Crippen LogP contribution in [0.5, 0.6) is 0 Å². The number of hydrogen-bond donors (Lipinski definition) is 0. The van der Waals surface area contributed by atoms with Crippen LogP contribution in [0.25, 0.3) is 16.5 Å². The van der Waals surface area contributed by atoms with E-state index in [0.29, 0.717) is 18.7 Å². The zero-order valence-electron chi connectivity index (χ0n) is 14.3. The van der Waals surface area contributed by atoms with E-state index in [4.69, 9.17) is 4.42 Å². The Kier molecular flexibility index (Phi) is 4.32. The Hall–Kier alpha value is -2.53. The molecule has 0 N–H and O–H groups in total. The maximum absolute atomic E-state index is 14.5. The Labute approximate surface area is 149 Å². The minimum Gasteiger partial charge on any atom is -0.463 e. The average Bonchev–Trinajstić information content (AvgIpc) is 3.12. The average molecular weight is 357 g/mol. The number of benzene rings is 2. The van der Waals surface area contributed by atoms with Crippen molar-refractivity contribution in [3.05, 3.63) is 77.3 Å². The lowest BCUT2D eigenvalue weighted by Gasteiger charge is -2.31. The summed E-state index contributed by atoms with van der Waals surface area (Å²) in [6, 6.07) is 11.4. The highest BCUT2D eigenvalue weighted by Gasteiger charge is 2.29. The second kappa shape index (κ2) is 6.65. The summed E-state index contributed by atoms with van der Waals surface area (Å²) >= 11 is 0. The third-order valence-electron chi connectivity index (χ3n) is 4.90. The van der Waals surface area contributed by atoms with E-state index in [0.717, 1.165) is 6.54 Å². The number of fused-ring (bicyclic) bond motifs is 1. The molecule has 3 aromatic rings. The van der Waals surface area contributed by atoms with Gasteiger partial charge >= 0.3 is 0 Å². The fraction of sp³-hybridized carbons (Fsp3) is 0.238. The summed E-state index contributed by atoms with van der Waals surface area (Å²) in [4.78, 5) is 2.24. The lowest BCUT2D eigenvalue weighted by Crippen LogP contribution is -2.33. The molecule has 4 rings (SSSR count). The molecule has 5 heteroatoms. The van der Waals surface area contributed by atoms with Gasteiger partial charge in [0.15, 0.2) is 17.5 Å². The fourth-order valence-electron chi connectivity index (χ4n) is 3.67. The molecule has 0 bridgehead atoms. The molecule has 134 valence electrons. The molecular weight excluding hydrogens is 339 g/mol. The van der Waals surface area contributed by atoms with E-state index < -0.39 is 17.5 Å². The van der Waals surface area contributed by atoms with Crippen molar-refractivity contribution in [2.24, 2.45) is 5.92 Å². The fourth-order valence-corrected chi connectivity index (χ4v) is 3.67. The van der Waals surface area contributed by atoms with Gasteiger partial charge in [-0.1, -0.05) is 43.3 Å². The van der Waals surface area contributed by atoms with E-state index in [1.807, 2.05) is 31.2 Å². The van der Waals surface area contributed by atoms with Crippen LogP contribution in [-0.4, -0.2) is 18.0 Å². The highest BCUT2D eigenvalue weighted by atomic mass is 19.2. The molecule has 0 amide bonds. The van der Waals surface area contributed by atoms with Gasteiger partial charge < -0.3 is 4.42 Å². The van der Waals surface area contributed by atoms with Gasteiger partial charge in [-0.2, -0.15) is 0 Å². The van der Waals surface area contributed by atoms with Gasteiger partial charge in [0.1, 0.15) is 5.58 Å². The Morgan fingerprint density at radius 2 is 1.81 bits per heavy atom. The highest BCUT2D eigenvalue weighted by molar-refractivity contribution is 5.91. The first-order valence-corrected chi connectivity index (χ1v) is 8.56. The van der Waals surface area contributed by atoms with Crippen molar-refractivity contribution in [3.63, 3.8) is 0 Å². The molecule has 1 aromatic heterocycles. The van der Waals surface area contributed by atoms with Crippen molar-refractivity contribution in [2.75, 3.05) is 13.1 Å². The van der Waals surface area contributed by atoms with Crippen molar-refractivity contribution in [2.45, 2.75) is 13.5 Å². The summed E-state index contributed by atoms with van der Waals surface area (Å²) in [6.45, 7) is 4.04. The molecule has 1 aliphatic heterocycles. The largest absolute Gasteiger partial charge is 0.463 e. The molecule has 0 saturated heterocycles. The quantitative estimate of drug-likeness (QED) is 0.585. The van der Waals surface area contributed by atoms with E-state index in [-0.39, 0.29) is 22.5 Å². The number of furan rings is 1. The molecule has 1 atom stereocenters. The Balaban J connectivity index is 1.69. The summed E-state index contributed by atoms with van der Waals surface area (Å²) in [5.41, 5.74) is 1.96. The number of rotatable bonds is 3. The van der Waals surface area contributed by atoms with Crippen molar-refractivity contribution < 1.29 is 17.6 Å². The minimum atomic E-state index is -1.45. The number of halogens is 3. The van der Waals surface area contributed by atoms with Gasteiger partial charge in [0.25, 0.3) is 0 Å². The van der Waals surface area contributed by atoms with Crippen LogP contribution in [0.3, 0.4) is 0 Å². The predicted molar refractivity (Wildman–Crippen MR) is 94.9 cm³/mol. The Bertz CT molecular complexity index is 978. The van der Waals surface area contributed by atoms with Gasteiger partial charge in [-0.05, 0) is 23.1 Å². The van der Waals surface area contributed by atoms with Gasteiger partial charge in [-0.15, -0.1) is 0 Å². The van der Waals surface area contributed by atoms with Crippen LogP contribution in [0, 0.1) is 23.4 Å². The van der Waals surface area contributed by atoms with Crippen LogP contribution < -0.4 is 0 Å². The topological polar surface area (TPSA) is 16.4 Å². The van der Waals surface area contributed by atoms with Crippen LogP contribution in [0.4, 0.5) is 13.2 Å². The van der Waals surface area contributed by atoms with Crippen molar-refractivity contribution in [1.29, 1.82) is 0 Å². The summed E-state index contributed by atoms with van der Waals surface area (Å²) in [6.07, 6.45) is 3.14. The molecule has 2 aromatic carbocycles. The van der Waals surface area contributed by atoms with Crippen LogP contribution in [0.15, 0.2) is 53.2 Å².